The third-order valence-electron chi connectivity index (χ3n) is 2.60. The van der Waals surface area contributed by atoms with Crippen molar-refractivity contribution in [3.05, 3.63) is 58.1 Å². The van der Waals surface area contributed by atoms with Crippen LogP contribution in [0.5, 0.6) is 0 Å². The maximum Gasteiger partial charge on any atom is 0.287 e. The maximum absolute atomic E-state index is 11.8. The molecule has 0 saturated heterocycles. The molecule has 19 heavy (non-hydrogen) atoms. The van der Waals surface area contributed by atoms with Crippen LogP contribution in [0.1, 0.15) is 17.2 Å². The third kappa shape index (κ3) is 2.58. The van der Waals surface area contributed by atoms with E-state index in [0.29, 0.717) is 17.2 Å². The highest BCUT2D eigenvalue weighted by atomic mass is 32.2. The van der Waals surface area contributed by atoms with Gasteiger partial charge in [-0.3, -0.25) is 4.79 Å². The summed E-state index contributed by atoms with van der Waals surface area (Å²) in [6.07, 6.45) is 1.65. The monoisotopic (exact) mass is 276 g/mol. The first-order chi connectivity index (χ1) is 9.22. The van der Waals surface area contributed by atoms with E-state index in [4.69, 9.17) is 8.94 Å². The standard InChI is InChI=1S/C13H12N2O3S/c1-9-5-12-14-10(6-13(16)15(12)18-9)7-19-8-11-3-2-4-17-11/h2-6H,7-8H2,1H3. The SMILES string of the molecule is Cc1cc2nc(CSCc3ccco3)cc(=O)n2o1. The van der Waals surface area contributed by atoms with E-state index < -0.39 is 0 Å². The van der Waals surface area contributed by atoms with E-state index >= 15 is 0 Å². The van der Waals surface area contributed by atoms with Crippen LogP contribution in [0.2, 0.25) is 0 Å². The lowest BCUT2D eigenvalue weighted by Gasteiger charge is -1.99. The molecule has 0 spiro atoms. The average Bonchev–Trinajstić information content (AvgIpc) is 2.98. The summed E-state index contributed by atoms with van der Waals surface area (Å²) in [5, 5.41) is 0. The van der Waals surface area contributed by atoms with E-state index in [1.807, 2.05) is 12.1 Å². The number of hydrogen-bond donors (Lipinski definition) is 0. The van der Waals surface area contributed by atoms with Crippen molar-refractivity contribution in [3.8, 4) is 0 Å². The summed E-state index contributed by atoms with van der Waals surface area (Å²) in [4.78, 5) is 16.2. The van der Waals surface area contributed by atoms with Gasteiger partial charge < -0.3 is 8.94 Å². The summed E-state index contributed by atoms with van der Waals surface area (Å²) in [7, 11) is 0. The van der Waals surface area contributed by atoms with Crippen molar-refractivity contribution in [1.82, 2.24) is 9.56 Å². The Labute approximate surface area is 113 Å². The first-order valence-corrected chi connectivity index (χ1v) is 6.97. The highest BCUT2D eigenvalue weighted by molar-refractivity contribution is 7.97. The molecule has 3 heterocycles. The molecule has 3 aromatic rings. The Hall–Kier alpha value is -1.95. The van der Waals surface area contributed by atoms with Crippen molar-refractivity contribution >= 4 is 17.4 Å². The molecule has 98 valence electrons. The van der Waals surface area contributed by atoms with Crippen LogP contribution < -0.4 is 5.56 Å². The summed E-state index contributed by atoms with van der Waals surface area (Å²) in [6.45, 7) is 1.79. The fourth-order valence-corrected chi connectivity index (χ4v) is 2.62. The number of hydrogen-bond acceptors (Lipinski definition) is 5. The lowest BCUT2D eigenvalue weighted by atomic mass is 10.4. The second kappa shape index (κ2) is 4.97. The molecule has 0 radical (unpaired) electrons. The lowest BCUT2D eigenvalue weighted by Crippen LogP contribution is -2.12. The van der Waals surface area contributed by atoms with Crippen molar-refractivity contribution < 1.29 is 8.94 Å². The van der Waals surface area contributed by atoms with Gasteiger partial charge in [0.05, 0.1) is 17.7 Å². The number of aryl methyl sites for hydroxylation is 1. The van der Waals surface area contributed by atoms with Crippen molar-refractivity contribution in [1.29, 1.82) is 0 Å². The van der Waals surface area contributed by atoms with E-state index in [1.54, 1.807) is 31.0 Å². The largest absolute Gasteiger partial charge is 0.468 e. The molecule has 0 aromatic carbocycles. The molecule has 3 rings (SSSR count). The smallest absolute Gasteiger partial charge is 0.287 e. The number of aromatic nitrogens is 2. The molecule has 0 aliphatic rings. The van der Waals surface area contributed by atoms with Gasteiger partial charge in [-0.05, 0) is 19.1 Å². The van der Waals surface area contributed by atoms with Gasteiger partial charge in [0, 0.05) is 17.9 Å². The van der Waals surface area contributed by atoms with Crippen LogP contribution in [0.4, 0.5) is 0 Å². The molecule has 0 amide bonds. The molecular formula is C13H12N2O3S. The van der Waals surface area contributed by atoms with Gasteiger partial charge in [-0.15, -0.1) is 16.3 Å². The minimum Gasteiger partial charge on any atom is -0.468 e. The molecule has 0 aliphatic carbocycles. The summed E-state index contributed by atoms with van der Waals surface area (Å²) in [6, 6.07) is 7.05. The first-order valence-electron chi connectivity index (χ1n) is 5.82. The van der Waals surface area contributed by atoms with Crippen LogP contribution in [-0.2, 0) is 11.5 Å². The van der Waals surface area contributed by atoms with Crippen molar-refractivity contribution in [3.63, 3.8) is 0 Å². The zero-order valence-electron chi connectivity index (χ0n) is 10.3. The van der Waals surface area contributed by atoms with Crippen LogP contribution in [0.15, 0.2) is 44.3 Å². The number of nitrogens with zero attached hydrogens (tertiary/aromatic N) is 2. The number of fused-ring (bicyclic) bond motifs is 1. The lowest BCUT2D eigenvalue weighted by molar-refractivity contribution is 0.344. The van der Waals surface area contributed by atoms with Crippen LogP contribution >= 0.6 is 11.8 Å². The summed E-state index contributed by atoms with van der Waals surface area (Å²) in [5.41, 5.74) is 1.12. The van der Waals surface area contributed by atoms with Gasteiger partial charge in [0.2, 0.25) is 0 Å². The fourth-order valence-electron chi connectivity index (χ4n) is 1.80. The van der Waals surface area contributed by atoms with Gasteiger partial charge in [0.25, 0.3) is 5.56 Å². The predicted octanol–water partition coefficient (Wildman–Crippen LogP) is 2.62. The normalized spacial score (nSPS) is 11.2. The van der Waals surface area contributed by atoms with E-state index in [2.05, 4.69) is 4.98 Å². The summed E-state index contributed by atoms with van der Waals surface area (Å²) < 4.78 is 11.7. The van der Waals surface area contributed by atoms with Gasteiger partial charge in [-0.2, -0.15) is 0 Å². The molecule has 0 atom stereocenters. The maximum atomic E-state index is 11.8. The highest BCUT2D eigenvalue weighted by Gasteiger charge is 2.07. The Balaban J connectivity index is 1.76. The van der Waals surface area contributed by atoms with Gasteiger partial charge in [0.15, 0.2) is 5.65 Å². The van der Waals surface area contributed by atoms with Crippen molar-refractivity contribution in [2.24, 2.45) is 0 Å². The third-order valence-corrected chi connectivity index (χ3v) is 3.59. The molecule has 0 saturated carbocycles. The number of thioether (sulfide) groups is 1. The summed E-state index contributed by atoms with van der Waals surface area (Å²) in [5.74, 6) is 3.02. The highest BCUT2D eigenvalue weighted by Crippen LogP contribution is 2.17. The van der Waals surface area contributed by atoms with Crippen molar-refractivity contribution in [2.75, 3.05) is 0 Å². The zero-order valence-corrected chi connectivity index (χ0v) is 11.1. The minimum atomic E-state index is -0.188. The van der Waals surface area contributed by atoms with E-state index in [-0.39, 0.29) is 5.56 Å². The van der Waals surface area contributed by atoms with E-state index in [9.17, 15) is 4.79 Å². The topological polar surface area (TPSA) is 60.7 Å². The van der Waals surface area contributed by atoms with E-state index in [0.717, 1.165) is 17.2 Å². The molecule has 0 fully saturated rings. The predicted molar refractivity (Wildman–Crippen MR) is 72.2 cm³/mol. The second-order valence-electron chi connectivity index (χ2n) is 4.16. The van der Waals surface area contributed by atoms with Crippen LogP contribution in [0.3, 0.4) is 0 Å². The molecule has 0 unspecified atom stereocenters. The van der Waals surface area contributed by atoms with Gasteiger partial charge in [0.1, 0.15) is 11.5 Å². The summed E-state index contributed by atoms with van der Waals surface area (Å²) >= 11 is 1.65. The fraction of sp³-hybridized carbons (Fsp3) is 0.231. The van der Waals surface area contributed by atoms with Gasteiger partial charge in [-0.1, -0.05) is 0 Å². The Morgan fingerprint density at radius 3 is 3.05 bits per heavy atom. The first kappa shape index (κ1) is 12.1. The van der Waals surface area contributed by atoms with Crippen LogP contribution in [0, 0.1) is 6.92 Å². The Bertz CT molecular complexity index is 743. The molecule has 3 aromatic heterocycles. The van der Waals surface area contributed by atoms with E-state index in [1.165, 1.54) is 10.6 Å². The molecular weight excluding hydrogens is 264 g/mol. The molecule has 5 nitrogen and oxygen atoms in total. The number of rotatable bonds is 4. The Morgan fingerprint density at radius 1 is 1.37 bits per heavy atom. The molecule has 0 aliphatic heterocycles. The van der Waals surface area contributed by atoms with Gasteiger partial charge in [-0.25, -0.2) is 4.98 Å². The van der Waals surface area contributed by atoms with Crippen molar-refractivity contribution in [2.45, 2.75) is 18.4 Å². The Kier molecular flexibility index (Phi) is 3.16. The zero-order chi connectivity index (χ0) is 13.2. The van der Waals surface area contributed by atoms with Crippen LogP contribution in [-0.4, -0.2) is 9.56 Å². The molecule has 6 heteroatoms. The number of furan rings is 1. The second-order valence-corrected chi connectivity index (χ2v) is 5.14. The van der Waals surface area contributed by atoms with Gasteiger partial charge >= 0.3 is 0 Å². The van der Waals surface area contributed by atoms with Crippen LogP contribution in [0.25, 0.3) is 5.65 Å². The average molecular weight is 276 g/mol. The molecule has 0 N–H and O–H groups in total. The minimum absolute atomic E-state index is 0.188. The quantitative estimate of drug-likeness (QED) is 0.733. The Morgan fingerprint density at radius 2 is 2.26 bits per heavy atom. The molecule has 0 bridgehead atoms.